The van der Waals surface area contributed by atoms with Gasteiger partial charge in [-0.05, 0) is 49.5 Å². The number of hydrogen-bond donors (Lipinski definition) is 1. The minimum Gasteiger partial charge on any atom is -0.316 e. The van der Waals surface area contributed by atoms with Crippen molar-refractivity contribution >= 4 is 0 Å². The largest absolute Gasteiger partial charge is 0.316 e. The van der Waals surface area contributed by atoms with Crippen LogP contribution in [0.2, 0.25) is 0 Å². The molecule has 1 unspecified atom stereocenters. The van der Waals surface area contributed by atoms with E-state index >= 15 is 0 Å². The summed E-state index contributed by atoms with van der Waals surface area (Å²) in [6.07, 6.45) is 6.26. The van der Waals surface area contributed by atoms with Crippen molar-refractivity contribution in [3.63, 3.8) is 0 Å². The quantitative estimate of drug-likeness (QED) is 0.869. The lowest BCUT2D eigenvalue weighted by Crippen LogP contribution is -2.12. The van der Waals surface area contributed by atoms with Gasteiger partial charge < -0.3 is 5.32 Å². The van der Waals surface area contributed by atoms with E-state index in [1.165, 1.54) is 17.7 Å². The average Bonchev–Trinajstić information content (AvgIpc) is 3.01. The first-order valence-electron chi connectivity index (χ1n) is 6.22. The van der Waals surface area contributed by atoms with E-state index < -0.39 is 0 Å². The summed E-state index contributed by atoms with van der Waals surface area (Å²) in [5.41, 5.74) is 2.61. The first kappa shape index (κ1) is 10.5. The Morgan fingerprint density at radius 3 is 3.00 bits per heavy atom. The molecule has 1 aliphatic heterocycles. The Hall–Kier alpha value is -1.61. The molecule has 1 fully saturated rings. The molecule has 3 rings (SSSR count). The molecule has 1 aliphatic rings. The summed E-state index contributed by atoms with van der Waals surface area (Å²) in [7, 11) is 0. The molecule has 2 heterocycles. The molecule has 3 heteroatoms. The number of nitrogens with one attached hydrogen (secondary N) is 1. The molecule has 0 saturated carbocycles. The van der Waals surface area contributed by atoms with Gasteiger partial charge in [0.15, 0.2) is 0 Å². The van der Waals surface area contributed by atoms with Crippen LogP contribution >= 0.6 is 0 Å². The maximum atomic E-state index is 4.32. The standard InChI is InChI=1S/C14H17N3/c1-2-5-14(17-9-3-7-16-17)13(4-1)10-12-6-8-15-11-12/h1-5,7,9,12,15H,6,8,10-11H2. The second-order valence-electron chi connectivity index (χ2n) is 4.64. The molecule has 3 nitrogen and oxygen atoms in total. The molecular formula is C14H17N3. The zero-order valence-corrected chi connectivity index (χ0v) is 9.84. The van der Waals surface area contributed by atoms with Crippen molar-refractivity contribution in [3.05, 3.63) is 48.3 Å². The second kappa shape index (κ2) is 4.72. The van der Waals surface area contributed by atoms with E-state index in [0.29, 0.717) is 0 Å². The number of para-hydroxylation sites is 1. The van der Waals surface area contributed by atoms with Gasteiger partial charge in [0.05, 0.1) is 5.69 Å². The third-order valence-electron chi connectivity index (χ3n) is 3.41. The van der Waals surface area contributed by atoms with Crippen LogP contribution < -0.4 is 5.32 Å². The van der Waals surface area contributed by atoms with E-state index in [-0.39, 0.29) is 0 Å². The van der Waals surface area contributed by atoms with Crippen LogP contribution in [0, 0.1) is 5.92 Å². The highest BCUT2D eigenvalue weighted by Crippen LogP contribution is 2.20. The van der Waals surface area contributed by atoms with Crippen molar-refractivity contribution in [2.45, 2.75) is 12.8 Å². The van der Waals surface area contributed by atoms with Gasteiger partial charge in [-0.25, -0.2) is 4.68 Å². The van der Waals surface area contributed by atoms with Crippen LogP contribution in [0.25, 0.3) is 5.69 Å². The Morgan fingerprint density at radius 1 is 1.29 bits per heavy atom. The van der Waals surface area contributed by atoms with Gasteiger partial charge in [-0.1, -0.05) is 18.2 Å². The molecule has 17 heavy (non-hydrogen) atoms. The van der Waals surface area contributed by atoms with Crippen LogP contribution in [0.4, 0.5) is 0 Å². The predicted octanol–water partition coefficient (Wildman–Crippen LogP) is 2.02. The van der Waals surface area contributed by atoms with Gasteiger partial charge in [0.1, 0.15) is 0 Å². The van der Waals surface area contributed by atoms with Crippen LogP contribution in [0.3, 0.4) is 0 Å². The Balaban J connectivity index is 1.88. The van der Waals surface area contributed by atoms with Gasteiger partial charge in [-0.15, -0.1) is 0 Å². The fourth-order valence-corrected chi connectivity index (χ4v) is 2.52. The zero-order chi connectivity index (χ0) is 11.5. The highest BCUT2D eigenvalue weighted by molar-refractivity contribution is 5.40. The summed E-state index contributed by atoms with van der Waals surface area (Å²) < 4.78 is 1.96. The minimum absolute atomic E-state index is 0.770. The van der Waals surface area contributed by atoms with Gasteiger partial charge in [-0.2, -0.15) is 5.10 Å². The summed E-state index contributed by atoms with van der Waals surface area (Å²) in [6, 6.07) is 10.5. The zero-order valence-electron chi connectivity index (χ0n) is 9.84. The summed E-state index contributed by atoms with van der Waals surface area (Å²) >= 11 is 0. The van der Waals surface area contributed by atoms with Crippen LogP contribution in [0.15, 0.2) is 42.7 Å². The van der Waals surface area contributed by atoms with Crippen LogP contribution in [-0.4, -0.2) is 22.9 Å². The first-order valence-corrected chi connectivity index (χ1v) is 6.22. The lowest BCUT2D eigenvalue weighted by molar-refractivity contribution is 0.577. The molecule has 88 valence electrons. The van der Waals surface area contributed by atoms with E-state index in [1.54, 1.807) is 0 Å². The molecule has 0 radical (unpaired) electrons. The van der Waals surface area contributed by atoms with Gasteiger partial charge in [0.2, 0.25) is 0 Å². The monoisotopic (exact) mass is 227 g/mol. The minimum atomic E-state index is 0.770. The van der Waals surface area contributed by atoms with Crippen molar-refractivity contribution < 1.29 is 0 Å². The van der Waals surface area contributed by atoms with Crippen LogP contribution in [-0.2, 0) is 6.42 Å². The highest BCUT2D eigenvalue weighted by Gasteiger charge is 2.16. The Labute approximate surface area is 101 Å². The topological polar surface area (TPSA) is 29.9 Å². The summed E-state index contributed by atoms with van der Waals surface area (Å²) in [6.45, 7) is 2.31. The van der Waals surface area contributed by atoms with Crippen molar-refractivity contribution in [3.8, 4) is 5.69 Å². The normalized spacial score (nSPS) is 19.6. The molecule has 0 bridgehead atoms. The van der Waals surface area contributed by atoms with Gasteiger partial charge >= 0.3 is 0 Å². The highest BCUT2D eigenvalue weighted by atomic mass is 15.3. The predicted molar refractivity (Wildman–Crippen MR) is 68.2 cm³/mol. The number of rotatable bonds is 3. The lowest BCUT2D eigenvalue weighted by Gasteiger charge is -2.13. The van der Waals surface area contributed by atoms with Crippen molar-refractivity contribution in [2.24, 2.45) is 5.92 Å². The van der Waals surface area contributed by atoms with Gasteiger partial charge in [-0.3, -0.25) is 0 Å². The third-order valence-corrected chi connectivity index (χ3v) is 3.41. The first-order chi connectivity index (χ1) is 8.43. The van der Waals surface area contributed by atoms with Crippen molar-refractivity contribution in [1.82, 2.24) is 15.1 Å². The number of nitrogens with zero attached hydrogens (tertiary/aromatic N) is 2. The molecular weight excluding hydrogens is 210 g/mol. The molecule has 2 aromatic rings. The molecule has 1 atom stereocenters. The fraction of sp³-hybridized carbons (Fsp3) is 0.357. The molecule has 0 aliphatic carbocycles. The SMILES string of the molecule is c1ccc(-n2cccn2)c(CC2CCNC2)c1. The van der Waals surface area contributed by atoms with Crippen LogP contribution in [0.5, 0.6) is 0 Å². The number of hydrogen-bond acceptors (Lipinski definition) is 2. The maximum absolute atomic E-state index is 4.32. The molecule has 1 aromatic carbocycles. The number of aromatic nitrogens is 2. The van der Waals surface area contributed by atoms with E-state index in [1.807, 2.05) is 23.1 Å². The van der Waals surface area contributed by atoms with E-state index in [9.17, 15) is 0 Å². The Morgan fingerprint density at radius 2 is 2.24 bits per heavy atom. The van der Waals surface area contributed by atoms with Crippen molar-refractivity contribution in [2.75, 3.05) is 13.1 Å². The Bertz CT molecular complexity index is 470. The smallest absolute Gasteiger partial charge is 0.0677 e. The summed E-state index contributed by atoms with van der Waals surface area (Å²) in [5, 5.41) is 7.75. The van der Waals surface area contributed by atoms with E-state index in [2.05, 4.69) is 34.7 Å². The average molecular weight is 227 g/mol. The van der Waals surface area contributed by atoms with Crippen molar-refractivity contribution in [1.29, 1.82) is 0 Å². The summed E-state index contributed by atoms with van der Waals surface area (Å²) in [4.78, 5) is 0. The third kappa shape index (κ3) is 2.24. The maximum Gasteiger partial charge on any atom is 0.0677 e. The van der Waals surface area contributed by atoms with E-state index in [0.717, 1.165) is 25.4 Å². The molecule has 1 aromatic heterocycles. The lowest BCUT2D eigenvalue weighted by atomic mass is 9.97. The Kier molecular flexibility index (Phi) is 2.92. The second-order valence-corrected chi connectivity index (χ2v) is 4.64. The van der Waals surface area contributed by atoms with Crippen LogP contribution in [0.1, 0.15) is 12.0 Å². The molecule has 0 amide bonds. The molecule has 0 spiro atoms. The van der Waals surface area contributed by atoms with E-state index in [4.69, 9.17) is 0 Å². The molecule has 1 saturated heterocycles. The van der Waals surface area contributed by atoms with Gasteiger partial charge in [0, 0.05) is 12.4 Å². The molecule has 1 N–H and O–H groups in total. The van der Waals surface area contributed by atoms with Gasteiger partial charge in [0.25, 0.3) is 0 Å². The summed E-state index contributed by atoms with van der Waals surface area (Å²) in [5.74, 6) is 0.770. The number of benzene rings is 1. The fourth-order valence-electron chi connectivity index (χ4n) is 2.52.